The zero-order valence-electron chi connectivity index (χ0n) is 17.9. The zero-order valence-corrected chi connectivity index (χ0v) is 18.7. The van der Waals surface area contributed by atoms with Crippen molar-refractivity contribution in [1.29, 1.82) is 0 Å². The van der Waals surface area contributed by atoms with Gasteiger partial charge in [-0.1, -0.05) is 30.3 Å². The summed E-state index contributed by atoms with van der Waals surface area (Å²) in [5.41, 5.74) is 1.91. The summed E-state index contributed by atoms with van der Waals surface area (Å²) in [6, 6.07) is 15.8. The van der Waals surface area contributed by atoms with E-state index in [1.54, 1.807) is 6.07 Å². The van der Waals surface area contributed by atoms with Gasteiger partial charge in [-0.15, -0.1) is 11.3 Å². The highest BCUT2D eigenvalue weighted by Crippen LogP contribution is 2.34. The summed E-state index contributed by atoms with van der Waals surface area (Å²) in [5, 5.41) is 5.33. The van der Waals surface area contributed by atoms with Crippen molar-refractivity contribution in [2.45, 2.75) is 6.61 Å². The molecule has 0 spiro atoms. The molecule has 0 atom stereocenters. The number of hydrogen-bond donors (Lipinski definition) is 1. The highest BCUT2D eigenvalue weighted by atomic mass is 32.1. The second-order valence-corrected chi connectivity index (χ2v) is 7.63. The van der Waals surface area contributed by atoms with Crippen LogP contribution in [0.15, 0.2) is 70.7 Å². The molecular weight excluding hydrogens is 444 g/mol. The predicted octanol–water partition coefficient (Wildman–Crippen LogP) is 5.03. The minimum absolute atomic E-state index is 0.0257. The molecule has 1 amide bonds. The Bertz CT molecular complexity index is 1250. The van der Waals surface area contributed by atoms with Gasteiger partial charge in [-0.05, 0) is 12.1 Å². The fourth-order valence-electron chi connectivity index (χ4n) is 3.05. The summed E-state index contributed by atoms with van der Waals surface area (Å²) in [5.74, 6) is -0.412. The van der Waals surface area contributed by atoms with E-state index in [0.29, 0.717) is 17.2 Å². The van der Waals surface area contributed by atoms with Gasteiger partial charge in [-0.2, -0.15) is 0 Å². The minimum Gasteiger partial charge on any atom is -0.493 e. The summed E-state index contributed by atoms with van der Waals surface area (Å²) in [7, 11) is 2.91. The summed E-state index contributed by atoms with van der Waals surface area (Å²) >= 11 is 1.46. The van der Waals surface area contributed by atoms with Gasteiger partial charge >= 0.3 is 5.97 Å². The number of aromatic nitrogens is 1. The molecule has 0 bridgehead atoms. The summed E-state index contributed by atoms with van der Waals surface area (Å²) < 4.78 is 21.2. The van der Waals surface area contributed by atoms with Gasteiger partial charge in [-0.25, -0.2) is 9.78 Å². The number of ether oxygens (including phenoxy) is 3. The van der Waals surface area contributed by atoms with Crippen LogP contribution in [-0.4, -0.2) is 31.1 Å². The number of amides is 1. The molecule has 0 aliphatic carbocycles. The topological polar surface area (TPSA) is 99.9 Å². The minimum atomic E-state index is -0.653. The molecule has 33 heavy (non-hydrogen) atoms. The largest absolute Gasteiger partial charge is 0.493 e. The first-order valence-electron chi connectivity index (χ1n) is 9.87. The number of esters is 1. The number of benzene rings is 2. The fourth-order valence-corrected chi connectivity index (χ4v) is 3.86. The molecule has 168 valence electrons. The van der Waals surface area contributed by atoms with Crippen LogP contribution in [0.25, 0.3) is 10.6 Å². The van der Waals surface area contributed by atoms with Crippen LogP contribution in [0.2, 0.25) is 0 Å². The number of nitrogens with zero attached hydrogens (tertiary/aromatic N) is 1. The zero-order chi connectivity index (χ0) is 23.2. The lowest BCUT2D eigenvalue weighted by Crippen LogP contribution is -2.16. The highest BCUT2D eigenvalue weighted by Gasteiger charge is 2.21. The molecule has 0 saturated carbocycles. The number of anilines is 1. The average Bonchev–Trinajstić information content (AvgIpc) is 3.55. The number of methoxy groups -OCH3 is 2. The van der Waals surface area contributed by atoms with Crippen molar-refractivity contribution in [3.63, 3.8) is 0 Å². The van der Waals surface area contributed by atoms with Crippen molar-refractivity contribution < 1.29 is 28.2 Å². The maximum Gasteiger partial charge on any atom is 0.340 e. The van der Waals surface area contributed by atoms with E-state index in [-0.39, 0.29) is 23.6 Å². The molecule has 0 aliphatic heterocycles. The average molecular weight is 464 g/mol. The monoisotopic (exact) mass is 464 g/mol. The van der Waals surface area contributed by atoms with Crippen LogP contribution >= 0.6 is 11.3 Å². The predicted molar refractivity (Wildman–Crippen MR) is 123 cm³/mol. The number of rotatable bonds is 8. The van der Waals surface area contributed by atoms with Crippen LogP contribution in [0.1, 0.15) is 26.6 Å². The molecule has 2 aromatic carbocycles. The number of hydrogen-bond acceptors (Lipinski definition) is 8. The molecule has 0 radical (unpaired) electrons. The van der Waals surface area contributed by atoms with Crippen LogP contribution in [0.5, 0.6) is 11.5 Å². The van der Waals surface area contributed by atoms with Crippen LogP contribution in [0.3, 0.4) is 0 Å². The first-order valence-corrected chi connectivity index (χ1v) is 10.7. The van der Waals surface area contributed by atoms with Crippen molar-refractivity contribution in [3.8, 4) is 22.1 Å². The van der Waals surface area contributed by atoms with Gasteiger partial charge in [0.05, 0.1) is 37.4 Å². The molecule has 2 aromatic heterocycles. The molecule has 0 aliphatic rings. The second kappa shape index (κ2) is 10.0. The first-order chi connectivity index (χ1) is 16.1. The standard InChI is InChI=1S/C24H20N2O6S/c1-29-20-11-17(18(12-21(20)30-2)26-22(27)19-9-6-10-31-19)24(28)32-13-16-14-33-23(25-16)15-7-4-3-5-8-15/h3-12,14H,13H2,1-2H3,(H,26,27). The van der Waals surface area contributed by atoms with E-state index in [4.69, 9.17) is 18.6 Å². The summed E-state index contributed by atoms with van der Waals surface area (Å²) in [6.07, 6.45) is 1.39. The SMILES string of the molecule is COc1cc(NC(=O)c2ccco2)c(C(=O)OCc2csc(-c3ccccc3)n2)cc1OC. The lowest BCUT2D eigenvalue weighted by atomic mass is 10.1. The molecule has 0 saturated heterocycles. The van der Waals surface area contributed by atoms with E-state index >= 15 is 0 Å². The number of thiazole rings is 1. The molecule has 0 fully saturated rings. The van der Waals surface area contributed by atoms with Gasteiger partial charge in [0.1, 0.15) is 11.6 Å². The molecule has 2 heterocycles. The number of furan rings is 1. The van der Waals surface area contributed by atoms with Gasteiger partial charge in [0.2, 0.25) is 0 Å². The van der Waals surface area contributed by atoms with E-state index < -0.39 is 11.9 Å². The van der Waals surface area contributed by atoms with Crippen LogP contribution < -0.4 is 14.8 Å². The van der Waals surface area contributed by atoms with Crippen LogP contribution in [0, 0.1) is 0 Å². The number of carbonyl (C=O) groups excluding carboxylic acids is 2. The Morgan fingerprint density at radius 1 is 1.03 bits per heavy atom. The smallest absolute Gasteiger partial charge is 0.340 e. The van der Waals surface area contributed by atoms with E-state index in [9.17, 15) is 9.59 Å². The van der Waals surface area contributed by atoms with Gasteiger partial charge in [0.25, 0.3) is 5.91 Å². The summed E-state index contributed by atoms with van der Waals surface area (Å²) in [4.78, 5) is 29.9. The Morgan fingerprint density at radius 2 is 1.79 bits per heavy atom. The maximum atomic E-state index is 12.9. The lowest BCUT2D eigenvalue weighted by molar-refractivity contribution is 0.0469. The Hall–Kier alpha value is -4.11. The van der Waals surface area contributed by atoms with Crippen molar-refractivity contribution >= 4 is 28.9 Å². The molecule has 4 rings (SSSR count). The first kappa shape index (κ1) is 22.1. The molecule has 4 aromatic rings. The van der Waals surface area contributed by atoms with E-state index in [1.807, 2.05) is 35.7 Å². The molecule has 8 nitrogen and oxygen atoms in total. The van der Waals surface area contributed by atoms with Crippen LogP contribution in [-0.2, 0) is 11.3 Å². The van der Waals surface area contributed by atoms with Crippen molar-refractivity contribution in [2.75, 3.05) is 19.5 Å². The molecular formula is C24H20N2O6S. The van der Waals surface area contributed by atoms with E-state index in [2.05, 4.69) is 10.3 Å². The van der Waals surface area contributed by atoms with Crippen LogP contribution in [0.4, 0.5) is 5.69 Å². The maximum absolute atomic E-state index is 12.9. The van der Waals surface area contributed by atoms with E-state index in [0.717, 1.165) is 10.6 Å². The van der Waals surface area contributed by atoms with E-state index in [1.165, 1.54) is 50.0 Å². The Morgan fingerprint density at radius 3 is 2.48 bits per heavy atom. The van der Waals surface area contributed by atoms with Gasteiger partial charge in [-0.3, -0.25) is 4.79 Å². The number of nitrogens with one attached hydrogen (secondary N) is 1. The quantitative estimate of drug-likeness (QED) is 0.365. The molecule has 1 N–H and O–H groups in total. The number of carbonyl (C=O) groups is 2. The second-order valence-electron chi connectivity index (χ2n) is 6.77. The van der Waals surface area contributed by atoms with Crippen molar-refractivity contribution in [3.05, 3.63) is 83.3 Å². The third-order valence-corrected chi connectivity index (χ3v) is 5.60. The fraction of sp³-hybridized carbons (Fsp3) is 0.125. The lowest BCUT2D eigenvalue weighted by Gasteiger charge is -2.14. The normalized spacial score (nSPS) is 10.5. The Balaban J connectivity index is 1.54. The summed E-state index contributed by atoms with van der Waals surface area (Å²) in [6.45, 7) is -0.0257. The van der Waals surface area contributed by atoms with Gasteiger partial charge in [0.15, 0.2) is 17.3 Å². The molecule has 9 heteroatoms. The Labute approximate surface area is 193 Å². The van der Waals surface area contributed by atoms with Gasteiger partial charge < -0.3 is 23.9 Å². The van der Waals surface area contributed by atoms with Crippen molar-refractivity contribution in [1.82, 2.24) is 4.98 Å². The van der Waals surface area contributed by atoms with Gasteiger partial charge in [0, 0.05) is 23.1 Å². The van der Waals surface area contributed by atoms with Crippen molar-refractivity contribution in [2.24, 2.45) is 0 Å². The third kappa shape index (κ3) is 5.04. The Kier molecular flexibility index (Phi) is 6.70. The molecule has 0 unspecified atom stereocenters. The third-order valence-electron chi connectivity index (χ3n) is 4.66. The highest BCUT2D eigenvalue weighted by molar-refractivity contribution is 7.13.